The maximum Gasteiger partial charge on any atom is 0.271 e. The molecule has 2 aromatic rings. The molecule has 2 heterocycles. The van der Waals surface area contributed by atoms with Gasteiger partial charge >= 0.3 is 0 Å². The van der Waals surface area contributed by atoms with Gasteiger partial charge in [-0.05, 0) is 30.5 Å². The minimum Gasteiger partial charge on any atom is -0.351 e. The first-order valence-electron chi connectivity index (χ1n) is 5.89. The number of hydrogen-bond acceptors (Lipinski definition) is 2. The Hall–Kier alpha value is -1.84. The second-order valence-corrected chi connectivity index (χ2v) is 4.54. The lowest BCUT2D eigenvalue weighted by atomic mass is 10.1. The summed E-state index contributed by atoms with van der Waals surface area (Å²) < 4.78 is 1.71. The Balaban J connectivity index is 2.04. The summed E-state index contributed by atoms with van der Waals surface area (Å²) in [5.41, 5.74) is 1.40. The zero-order valence-corrected chi connectivity index (χ0v) is 10.2. The molecule has 0 aliphatic heterocycles. The van der Waals surface area contributed by atoms with Crippen LogP contribution >= 0.6 is 0 Å². The second-order valence-electron chi connectivity index (χ2n) is 4.54. The van der Waals surface area contributed by atoms with E-state index in [2.05, 4.69) is 24.3 Å². The van der Waals surface area contributed by atoms with E-state index in [0.717, 1.165) is 11.9 Å². The SMILES string of the molecule is CC(C)CCNC(=O)c1cc2ccccn2n1. The number of pyridine rings is 1. The summed E-state index contributed by atoms with van der Waals surface area (Å²) in [5, 5.41) is 7.09. The van der Waals surface area contributed by atoms with E-state index in [1.807, 2.05) is 24.4 Å². The molecule has 2 aromatic heterocycles. The van der Waals surface area contributed by atoms with Crippen molar-refractivity contribution in [1.82, 2.24) is 14.9 Å². The number of amides is 1. The van der Waals surface area contributed by atoms with Crippen LogP contribution in [0.2, 0.25) is 0 Å². The number of rotatable bonds is 4. The van der Waals surface area contributed by atoms with Crippen LogP contribution in [0.1, 0.15) is 30.8 Å². The lowest BCUT2D eigenvalue weighted by molar-refractivity contribution is 0.0946. The molecule has 4 heteroatoms. The van der Waals surface area contributed by atoms with Crippen molar-refractivity contribution in [3.63, 3.8) is 0 Å². The summed E-state index contributed by atoms with van der Waals surface area (Å²) in [6.45, 7) is 4.97. The topological polar surface area (TPSA) is 46.4 Å². The molecule has 0 aliphatic carbocycles. The Morgan fingerprint density at radius 3 is 3.00 bits per heavy atom. The third-order valence-electron chi connectivity index (χ3n) is 2.61. The smallest absolute Gasteiger partial charge is 0.271 e. The molecule has 0 aromatic carbocycles. The van der Waals surface area contributed by atoms with Crippen LogP contribution in [0.4, 0.5) is 0 Å². The zero-order valence-electron chi connectivity index (χ0n) is 10.2. The Morgan fingerprint density at radius 2 is 2.29 bits per heavy atom. The maximum atomic E-state index is 11.8. The van der Waals surface area contributed by atoms with Crippen LogP contribution in [0.15, 0.2) is 30.5 Å². The van der Waals surface area contributed by atoms with Gasteiger partial charge in [-0.2, -0.15) is 5.10 Å². The molecule has 0 spiro atoms. The molecule has 1 amide bonds. The molecule has 0 bridgehead atoms. The van der Waals surface area contributed by atoms with Gasteiger partial charge in [0, 0.05) is 12.7 Å². The Morgan fingerprint density at radius 1 is 1.47 bits per heavy atom. The van der Waals surface area contributed by atoms with Crippen molar-refractivity contribution >= 4 is 11.4 Å². The van der Waals surface area contributed by atoms with Gasteiger partial charge in [-0.15, -0.1) is 0 Å². The van der Waals surface area contributed by atoms with Gasteiger partial charge in [0.15, 0.2) is 5.69 Å². The van der Waals surface area contributed by atoms with Crippen molar-refractivity contribution in [2.75, 3.05) is 6.54 Å². The summed E-state index contributed by atoms with van der Waals surface area (Å²) in [7, 11) is 0. The summed E-state index contributed by atoms with van der Waals surface area (Å²) in [4.78, 5) is 11.8. The fourth-order valence-electron chi connectivity index (χ4n) is 1.61. The molecule has 0 aliphatic rings. The van der Waals surface area contributed by atoms with Crippen molar-refractivity contribution < 1.29 is 4.79 Å². The van der Waals surface area contributed by atoms with Crippen LogP contribution in [0, 0.1) is 5.92 Å². The molecule has 90 valence electrons. The molecule has 0 saturated heterocycles. The van der Waals surface area contributed by atoms with E-state index < -0.39 is 0 Å². The average Bonchev–Trinajstić information content (AvgIpc) is 2.71. The Labute approximate surface area is 101 Å². The van der Waals surface area contributed by atoms with Crippen LogP contribution < -0.4 is 5.32 Å². The van der Waals surface area contributed by atoms with Crippen LogP contribution in [-0.2, 0) is 0 Å². The average molecular weight is 231 g/mol. The molecule has 1 N–H and O–H groups in total. The first-order chi connectivity index (χ1) is 8.16. The minimum absolute atomic E-state index is 0.102. The number of carbonyl (C=O) groups is 1. The van der Waals surface area contributed by atoms with Gasteiger partial charge in [0.05, 0.1) is 5.52 Å². The van der Waals surface area contributed by atoms with Crippen molar-refractivity contribution in [2.45, 2.75) is 20.3 Å². The van der Waals surface area contributed by atoms with E-state index in [9.17, 15) is 4.79 Å². The first-order valence-corrected chi connectivity index (χ1v) is 5.89. The van der Waals surface area contributed by atoms with E-state index >= 15 is 0 Å². The van der Waals surface area contributed by atoms with E-state index in [0.29, 0.717) is 18.2 Å². The van der Waals surface area contributed by atoms with Crippen molar-refractivity contribution in [2.24, 2.45) is 5.92 Å². The largest absolute Gasteiger partial charge is 0.351 e. The third-order valence-corrected chi connectivity index (χ3v) is 2.61. The third kappa shape index (κ3) is 2.84. The predicted molar refractivity (Wildman–Crippen MR) is 67.0 cm³/mol. The van der Waals surface area contributed by atoms with E-state index in [-0.39, 0.29) is 5.91 Å². The van der Waals surface area contributed by atoms with E-state index in [1.54, 1.807) is 10.6 Å². The molecule has 2 rings (SSSR count). The molecule has 0 saturated carbocycles. The molecule has 0 fully saturated rings. The summed E-state index contributed by atoms with van der Waals surface area (Å²) in [5.74, 6) is 0.491. The molecular formula is C13H17N3O. The fraction of sp³-hybridized carbons (Fsp3) is 0.385. The summed E-state index contributed by atoms with van der Waals surface area (Å²) in [6, 6.07) is 7.54. The Kier molecular flexibility index (Phi) is 3.42. The monoisotopic (exact) mass is 231 g/mol. The van der Waals surface area contributed by atoms with Gasteiger partial charge in [0.25, 0.3) is 5.91 Å². The van der Waals surface area contributed by atoms with E-state index in [4.69, 9.17) is 0 Å². The highest BCUT2D eigenvalue weighted by atomic mass is 16.1. The number of carbonyl (C=O) groups excluding carboxylic acids is 1. The molecule has 0 atom stereocenters. The van der Waals surface area contributed by atoms with Gasteiger partial charge < -0.3 is 5.32 Å². The highest BCUT2D eigenvalue weighted by molar-refractivity contribution is 5.93. The zero-order chi connectivity index (χ0) is 12.3. The summed E-state index contributed by atoms with van der Waals surface area (Å²) in [6.07, 6.45) is 2.82. The highest BCUT2D eigenvalue weighted by Crippen LogP contribution is 2.05. The molecular weight excluding hydrogens is 214 g/mol. The normalized spacial score (nSPS) is 11.0. The summed E-state index contributed by atoms with van der Waals surface area (Å²) >= 11 is 0. The van der Waals surface area contributed by atoms with Crippen LogP contribution in [0.5, 0.6) is 0 Å². The van der Waals surface area contributed by atoms with Crippen LogP contribution in [0.3, 0.4) is 0 Å². The molecule has 17 heavy (non-hydrogen) atoms. The van der Waals surface area contributed by atoms with Crippen molar-refractivity contribution in [1.29, 1.82) is 0 Å². The lowest BCUT2D eigenvalue weighted by Gasteiger charge is -2.04. The predicted octanol–water partition coefficient (Wildman–Crippen LogP) is 2.11. The van der Waals surface area contributed by atoms with Gasteiger partial charge in [0.1, 0.15) is 0 Å². The molecule has 4 nitrogen and oxygen atoms in total. The fourth-order valence-corrected chi connectivity index (χ4v) is 1.61. The second kappa shape index (κ2) is 4.99. The van der Waals surface area contributed by atoms with Crippen molar-refractivity contribution in [3.8, 4) is 0 Å². The highest BCUT2D eigenvalue weighted by Gasteiger charge is 2.09. The number of aromatic nitrogens is 2. The van der Waals surface area contributed by atoms with E-state index in [1.165, 1.54) is 0 Å². The van der Waals surface area contributed by atoms with Crippen molar-refractivity contribution in [3.05, 3.63) is 36.2 Å². The van der Waals surface area contributed by atoms with Crippen LogP contribution in [-0.4, -0.2) is 22.1 Å². The Bertz CT molecular complexity index is 483. The lowest BCUT2D eigenvalue weighted by Crippen LogP contribution is -2.25. The minimum atomic E-state index is -0.102. The standard InChI is InChI=1S/C13H17N3O/c1-10(2)6-7-14-13(17)12-9-11-5-3-4-8-16(11)15-12/h3-5,8-10H,6-7H2,1-2H3,(H,14,17). The molecule has 0 unspecified atom stereocenters. The van der Waals surface area contributed by atoms with Gasteiger partial charge in [0.2, 0.25) is 0 Å². The molecule has 0 radical (unpaired) electrons. The van der Waals surface area contributed by atoms with Gasteiger partial charge in [-0.25, -0.2) is 4.52 Å². The maximum absolute atomic E-state index is 11.8. The van der Waals surface area contributed by atoms with Crippen LogP contribution in [0.25, 0.3) is 5.52 Å². The first kappa shape index (κ1) is 11.6. The quantitative estimate of drug-likeness (QED) is 0.876. The van der Waals surface area contributed by atoms with Gasteiger partial charge in [-0.3, -0.25) is 4.79 Å². The number of fused-ring (bicyclic) bond motifs is 1. The number of hydrogen-bond donors (Lipinski definition) is 1. The van der Waals surface area contributed by atoms with Gasteiger partial charge in [-0.1, -0.05) is 19.9 Å². The number of nitrogens with one attached hydrogen (secondary N) is 1. The number of nitrogens with zero attached hydrogens (tertiary/aromatic N) is 2.